The number of hydrogen-bond acceptors (Lipinski definition) is 9. The summed E-state index contributed by atoms with van der Waals surface area (Å²) < 4.78 is 8.16. The fourth-order valence-corrected chi connectivity index (χ4v) is 24.5. The first-order valence-corrected chi connectivity index (χ1v) is 46.5. The third-order valence-corrected chi connectivity index (χ3v) is 30.0. The van der Waals surface area contributed by atoms with Crippen LogP contribution in [0.3, 0.4) is 0 Å². The Morgan fingerprint density at radius 3 is 0.744 bits per heavy atom. The second-order valence-electron chi connectivity index (χ2n) is 35.8. The summed E-state index contributed by atoms with van der Waals surface area (Å²) in [4.78, 5) is 28.3. The monoisotopic (exact) mass is 1700 g/mol. The molecule has 0 atom stereocenters. The molecule has 610 valence electrons. The molecule has 0 spiro atoms. The van der Waals surface area contributed by atoms with Crippen molar-refractivity contribution in [1.29, 1.82) is 0 Å². The molecular formula is C120H82N6S3. The Balaban J connectivity index is 0.000000108. The highest BCUT2D eigenvalue weighted by molar-refractivity contribution is 7.27. The molecule has 6 aromatic heterocycles. The van der Waals surface area contributed by atoms with E-state index < -0.39 is 0 Å². The minimum atomic E-state index is 0.0949. The van der Waals surface area contributed by atoms with E-state index in [9.17, 15) is 0 Å². The molecule has 26 rings (SSSR count). The van der Waals surface area contributed by atoms with Crippen LogP contribution in [0, 0.1) is 0 Å². The molecule has 0 saturated carbocycles. The van der Waals surface area contributed by atoms with Gasteiger partial charge in [0, 0.05) is 136 Å². The van der Waals surface area contributed by atoms with Gasteiger partial charge in [-0.2, -0.15) is 0 Å². The summed E-state index contributed by atoms with van der Waals surface area (Å²) in [5, 5.41) is 24.6. The van der Waals surface area contributed by atoms with Crippen LogP contribution in [0.25, 0.3) is 247 Å². The normalized spacial score (nSPS) is 12.1. The molecule has 0 N–H and O–H groups in total. The molecule has 0 fully saturated rings. The lowest BCUT2D eigenvalue weighted by molar-refractivity contribution is 0.596. The smallest absolute Gasteiger partial charge is 0.0971 e. The lowest BCUT2D eigenvalue weighted by Crippen LogP contribution is -2.10. The Morgan fingerprint density at radius 1 is 0.163 bits per heavy atom. The summed E-state index contributed by atoms with van der Waals surface area (Å²) in [7, 11) is 0. The SMILES string of the molecule is CC(C)(C)c1cccc2c1sc1c(-c3cccc(-c4ccc5c(c4)c4ccccc4c4nccnc54)c3)cccc12.CC(C)(C)c1cccc2c1sc1c(-c3cccc(-c4ccc5c(c4)c4ccccc4c4nccnc54)c3)cccc12.c1cc(-c2ccc3c(c2)c2ccccc2c2nccnc32)cc(-c2cccc3c2sc2c(-c4cccc5ccccc45)cccc23)c1. The van der Waals surface area contributed by atoms with Crippen molar-refractivity contribution < 1.29 is 0 Å². The first kappa shape index (κ1) is 77.5. The summed E-state index contributed by atoms with van der Waals surface area (Å²) in [5.74, 6) is 0. The maximum absolute atomic E-state index is 4.74. The van der Waals surface area contributed by atoms with E-state index in [2.05, 4.69) is 403 Å². The van der Waals surface area contributed by atoms with Gasteiger partial charge in [-0.15, -0.1) is 34.0 Å². The standard InChI is InChI=1S/C44H26N2S.2C38H28N2S/c1-2-13-31-27(9-1)10-6-17-33(31)37-18-8-20-39-38-19-7-16-32(43(38)47-44(37)39)30-12-5-11-28(25-30)29-21-22-36-40(26-29)34-14-3-4-15-35(34)41-42(36)46-24-23-45-41;2*1-38(2,3)33-16-8-15-31-30-14-7-13-26(36(30)41-37(31)33)25-10-6-9-23(21-25)24-17-18-29-32(22-24)27-11-4-5-12-28(27)34-35(29)40-20-19-39-34/h1-26H;2*4-22H,1-3H3. The fraction of sp³-hybridized carbons (Fsp3) is 0.0667. The van der Waals surface area contributed by atoms with E-state index in [4.69, 9.17) is 19.9 Å². The van der Waals surface area contributed by atoms with Crippen molar-refractivity contribution in [1.82, 2.24) is 29.9 Å². The number of aromatic nitrogens is 6. The van der Waals surface area contributed by atoms with Gasteiger partial charge in [0.05, 0.1) is 33.1 Å². The van der Waals surface area contributed by atoms with Crippen LogP contribution in [0.4, 0.5) is 0 Å². The zero-order chi connectivity index (χ0) is 86.3. The van der Waals surface area contributed by atoms with Crippen molar-refractivity contribution in [2.45, 2.75) is 52.4 Å². The maximum Gasteiger partial charge on any atom is 0.0971 e. The van der Waals surface area contributed by atoms with Gasteiger partial charge in [0.15, 0.2) is 0 Å². The summed E-state index contributed by atoms with van der Waals surface area (Å²) in [5.41, 5.74) is 26.1. The maximum atomic E-state index is 4.74. The molecule has 26 aromatic rings. The second-order valence-corrected chi connectivity index (χ2v) is 38.9. The number of nitrogens with zero attached hydrogens (tertiary/aromatic N) is 6. The quantitative estimate of drug-likeness (QED) is 0.148. The highest BCUT2D eigenvalue weighted by atomic mass is 32.1. The van der Waals surface area contributed by atoms with Crippen molar-refractivity contribution in [3.05, 3.63) is 400 Å². The first-order valence-electron chi connectivity index (χ1n) is 44.1. The molecule has 0 aliphatic heterocycles. The van der Waals surface area contributed by atoms with Crippen molar-refractivity contribution >= 4 is 203 Å². The minimum Gasteiger partial charge on any atom is -0.252 e. The third kappa shape index (κ3) is 13.2. The van der Waals surface area contributed by atoms with Gasteiger partial charge in [-0.05, 0) is 174 Å². The van der Waals surface area contributed by atoms with E-state index in [-0.39, 0.29) is 10.8 Å². The predicted molar refractivity (Wildman–Crippen MR) is 555 cm³/mol. The Morgan fingerprint density at radius 2 is 0.395 bits per heavy atom. The molecule has 0 amide bonds. The molecular weight excluding hydrogens is 1620 g/mol. The molecule has 0 radical (unpaired) electrons. The molecule has 0 aliphatic rings. The van der Waals surface area contributed by atoms with Crippen LogP contribution in [0.2, 0.25) is 0 Å². The van der Waals surface area contributed by atoms with Gasteiger partial charge in [0.1, 0.15) is 0 Å². The van der Waals surface area contributed by atoms with Crippen LogP contribution in [-0.4, -0.2) is 29.9 Å². The molecule has 0 aliphatic carbocycles. The topological polar surface area (TPSA) is 77.3 Å². The van der Waals surface area contributed by atoms with Crippen molar-refractivity contribution in [2.75, 3.05) is 0 Å². The minimum absolute atomic E-state index is 0.0949. The summed E-state index contributed by atoms with van der Waals surface area (Å²) in [6, 6.07) is 129. The van der Waals surface area contributed by atoms with Gasteiger partial charge in [-0.25, -0.2) is 0 Å². The Bertz CT molecular complexity index is 8700. The van der Waals surface area contributed by atoms with E-state index in [1.165, 1.54) is 193 Å². The number of fused-ring (bicyclic) bond motifs is 28. The molecule has 6 heterocycles. The predicted octanol–water partition coefficient (Wildman–Crippen LogP) is 34.3. The number of rotatable bonds is 7. The average Bonchev–Trinajstić information content (AvgIpc) is 1.72. The van der Waals surface area contributed by atoms with E-state index in [0.29, 0.717) is 0 Å². The first-order chi connectivity index (χ1) is 63.3. The van der Waals surface area contributed by atoms with Gasteiger partial charge >= 0.3 is 0 Å². The van der Waals surface area contributed by atoms with E-state index in [0.717, 1.165) is 65.4 Å². The molecule has 0 bridgehead atoms. The summed E-state index contributed by atoms with van der Waals surface area (Å²) in [6.45, 7) is 13.8. The lowest BCUT2D eigenvalue weighted by Gasteiger charge is -2.19. The van der Waals surface area contributed by atoms with Crippen molar-refractivity contribution in [2.24, 2.45) is 0 Å². The molecule has 129 heavy (non-hydrogen) atoms. The molecule has 0 unspecified atom stereocenters. The van der Waals surface area contributed by atoms with Crippen LogP contribution in [-0.2, 0) is 10.8 Å². The summed E-state index contributed by atoms with van der Waals surface area (Å²) in [6.07, 6.45) is 10.7. The van der Waals surface area contributed by atoms with E-state index in [1.807, 2.05) is 34.0 Å². The molecule has 6 nitrogen and oxygen atoms in total. The van der Waals surface area contributed by atoms with Crippen molar-refractivity contribution in [3.8, 4) is 77.9 Å². The van der Waals surface area contributed by atoms with Crippen LogP contribution >= 0.6 is 34.0 Å². The van der Waals surface area contributed by atoms with Crippen LogP contribution < -0.4 is 0 Å². The van der Waals surface area contributed by atoms with E-state index in [1.54, 1.807) is 37.2 Å². The Labute approximate surface area is 757 Å². The number of benzene rings is 20. The fourth-order valence-electron chi connectivity index (χ4n) is 20.0. The highest BCUT2D eigenvalue weighted by Crippen LogP contribution is 2.51. The zero-order valence-electron chi connectivity index (χ0n) is 71.9. The van der Waals surface area contributed by atoms with Gasteiger partial charge in [0.25, 0.3) is 0 Å². The van der Waals surface area contributed by atoms with Crippen LogP contribution in [0.15, 0.2) is 389 Å². The molecule has 9 heteroatoms. The second kappa shape index (κ2) is 30.9. The Hall–Kier alpha value is -15.1. The van der Waals surface area contributed by atoms with Crippen molar-refractivity contribution in [3.63, 3.8) is 0 Å². The molecule has 20 aromatic carbocycles. The Kier molecular flexibility index (Phi) is 18.6. The van der Waals surface area contributed by atoms with Crippen LogP contribution in [0.5, 0.6) is 0 Å². The van der Waals surface area contributed by atoms with Gasteiger partial charge < -0.3 is 0 Å². The number of hydrogen-bond donors (Lipinski definition) is 0. The number of thiophene rings is 3. The van der Waals surface area contributed by atoms with Gasteiger partial charge in [0.2, 0.25) is 0 Å². The summed E-state index contributed by atoms with van der Waals surface area (Å²) >= 11 is 5.77. The third-order valence-electron chi connectivity index (χ3n) is 26.1. The average molecular weight is 1700 g/mol. The van der Waals surface area contributed by atoms with Gasteiger partial charge in [-0.1, -0.05) is 357 Å². The molecule has 0 saturated heterocycles. The van der Waals surface area contributed by atoms with Gasteiger partial charge in [-0.3, -0.25) is 29.9 Å². The highest BCUT2D eigenvalue weighted by Gasteiger charge is 2.25. The zero-order valence-corrected chi connectivity index (χ0v) is 74.3. The van der Waals surface area contributed by atoms with Crippen LogP contribution in [0.1, 0.15) is 52.7 Å². The largest absolute Gasteiger partial charge is 0.252 e. The van der Waals surface area contributed by atoms with E-state index >= 15 is 0 Å². The lowest BCUT2D eigenvalue weighted by atomic mass is 9.86.